The molecule has 0 heterocycles. The summed E-state index contributed by atoms with van der Waals surface area (Å²) < 4.78 is 5.11. The Bertz CT molecular complexity index is 180. The molecule has 0 rings (SSSR count). The summed E-state index contributed by atoms with van der Waals surface area (Å²) in [4.78, 5) is 11.1. The van der Waals surface area contributed by atoms with E-state index in [0.29, 0.717) is 18.7 Å². The Morgan fingerprint density at radius 2 is 2.00 bits per heavy atom. The van der Waals surface area contributed by atoms with Crippen molar-refractivity contribution >= 4 is 17.6 Å². The summed E-state index contributed by atoms with van der Waals surface area (Å²) in [5, 5.41) is 0. The van der Waals surface area contributed by atoms with Gasteiger partial charge in [-0.25, -0.2) is 0 Å². The molecule has 0 spiro atoms. The molecule has 2 nitrogen and oxygen atoms in total. The SMILES string of the molecule is CC(C)(C)OC(=O)CCC=CCCl. The van der Waals surface area contributed by atoms with Crippen LogP contribution in [-0.2, 0) is 9.53 Å². The highest BCUT2D eigenvalue weighted by molar-refractivity contribution is 6.18. The fourth-order valence-corrected chi connectivity index (χ4v) is 0.901. The summed E-state index contributed by atoms with van der Waals surface area (Å²) in [7, 11) is 0. The number of hydrogen-bond acceptors (Lipinski definition) is 2. The highest BCUT2D eigenvalue weighted by Gasteiger charge is 2.14. The van der Waals surface area contributed by atoms with Gasteiger partial charge >= 0.3 is 5.97 Å². The highest BCUT2D eigenvalue weighted by atomic mass is 35.5. The second kappa shape index (κ2) is 6.03. The van der Waals surface area contributed by atoms with E-state index < -0.39 is 0 Å². The molecule has 0 amide bonds. The number of carbonyl (C=O) groups excluding carboxylic acids is 1. The molecule has 0 aromatic rings. The van der Waals surface area contributed by atoms with E-state index in [9.17, 15) is 4.79 Å². The van der Waals surface area contributed by atoms with Crippen LogP contribution in [0.1, 0.15) is 33.6 Å². The predicted molar refractivity (Wildman–Crippen MR) is 54.9 cm³/mol. The van der Waals surface area contributed by atoms with Gasteiger partial charge in [0, 0.05) is 12.3 Å². The van der Waals surface area contributed by atoms with E-state index in [-0.39, 0.29) is 11.6 Å². The molecule has 0 saturated carbocycles. The molecule has 76 valence electrons. The van der Waals surface area contributed by atoms with Gasteiger partial charge in [0.1, 0.15) is 5.60 Å². The van der Waals surface area contributed by atoms with Crippen molar-refractivity contribution in [3.8, 4) is 0 Å². The normalized spacial score (nSPS) is 12.0. The van der Waals surface area contributed by atoms with Crippen LogP contribution in [0.4, 0.5) is 0 Å². The summed E-state index contributed by atoms with van der Waals surface area (Å²) in [6, 6.07) is 0. The number of carbonyl (C=O) groups is 1. The maximum absolute atomic E-state index is 11.1. The zero-order valence-corrected chi connectivity index (χ0v) is 9.23. The summed E-state index contributed by atoms with van der Waals surface area (Å²) in [6.45, 7) is 5.58. The van der Waals surface area contributed by atoms with Gasteiger partial charge in [-0.3, -0.25) is 4.79 Å². The monoisotopic (exact) mass is 204 g/mol. The van der Waals surface area contributed by atoms with Gasteiger partial charge in [-0.15, -0.1) is 11.6 Å². The third-order valence-corrected chi connectivity index (χ3v) is 1.37. The molecule has 0 bridgehead atoms. The Labute approximate surface area is 84.9 Å². The standard InChI is InChI=1S/C10H17ClO2/c1-10(2,3)13-9(12)7-5-4-6-8-11/h4,6H,5,7-8H2,1-3H3. The first-order chi connectivity index (χ1) is 5.95. The molecule has 3 heteroatoms. The fourth-order valence-electron chi connectivity index (χ4n) is 0.775. The third kappa shape index (κ3) is 9.41. The first kappa shape index (κ1) is 12.5. The van der Waals surface area contributed by atoms with Crippen LogP contribution < -0.4 is 0 Å². The van der Waals surface area contributed by atoms with Crippen LogP contribution in [0.15, 0.2) is 12.2 Å². The Kier molecular flexibility index (Phi) is 5.80. The molecule has 0 saturated heterocycles. The zero-order valence-electron chi connectivity index (χ0n) is 8.47. The van der Waals surface area contributed by atoms with E-state index in [1.807, 2.05) is 32.9 Å². The number of ether oxygens (including phenoxy) is 1. The van der Waals surface area contributed by atoms with Crippen molar-refractivity contribution in [2.24, 2.45) is 0 Å². The van der Waals surface area contributed by atoms with Crippen LogP contribution in [0.2, 0.25) is 0 Å². The van der Waals surface area contributed by atoms with E-state index in [1.165, 1.54) is 0 Å². The van der Waals surface area contributed by atoms with Gasteiger partial charge in [0.25, 0.3) is 0 Å². The molecule has 0 unspecified atom stereocenters. The average molecular weight is 205 g/mol. The van der Waals surface area contributed by atoms with Gasteiger partial charge in [0.15, 0.2) is 0 Å². The Hall–Kier alpha value is -0.500. The Morgan fingerprint density at radius 1 is 1.38 bits per heavy atom. The molecule has 13 heavy (non-hydrogen) atoms. The highest BCUT2D eigenvalue weighted by Crippen LogP contribution is 2.09. The quantitative estimate of drug-likeness (QED) is 0.400. The Balaban J connectivity index is 3.58. The van der Waals surface area contributed by atoms with Crippen LogP contribution in [0.3, 0.4) is 0 Å². The number of allylic oxidation sites excluding steroid dienone is 2. The zero-order chi connectivity index (χ0) is 10.3. The Morgan fingerprint density at radius 3 is 2.46 bits per heavy atom. The molecular formula is C10H17ClO2. The van der Waals surface area contributed by atoms with Crippen LogP contribution in [0, 0.1) is 0 Å². The minimum atomic E-state index is -0.382. The molecule has 0 aliphatic carbocycles. The molecular weight excluding hydrogens is 188 g/mol. The largest absolute Gasteiger partial charge is 0.460 e. The lowest BCUT2D eigenvalue weighted by atomic mass is 10.2. The minimum absolute atomic E-state index is 0.160. The van der Waals surface area contributed by atoms with Crippen LogP contribution in [0.5, 0.6) is 0 Å². The molecule has 0 aromatic carbocycles. The van der Waals surface area contributed by atoms with E-state index in [1.54, 1.807) is 0 Å². The van der Waals surface area contributed by atoms with Crippen molar-refractivity contribution in [3.63, 3.8) is 0 Å². The number of halogens is 1. The maximum Gasteiger partial charge on any atom is 0.306 e. The molecule has 0 radical (unpaired) electrons. The lowest BCUT2D eigenvalue weighted by molar-refractivity contribution is -0.154. The van der Waals surface area contributed by atoms with Gasteiger partial charge in [-0.05, 0) is 27.2 Å². The maximum atomic E-state index is 11.1. The fraction of sp³-hybridized carbons (Fsp3) is 0.700. The lowest BCUT2D eigenvalue weighted by Crippen LogP contribution is -2.23. The van der Waals surface area contributed by atoms with Crippen LogP contribution >= 0.6 is 11.6 Å². The number of hydrogen-bond donors (Lipinski definition) is 0. The van der Waals surface area contributed by atoms with E-state index in [4.69, 9.17) is 16.3 Å². The molecule has 0 atom stereocenters. The van der Waals surface area contributed by atoms with Gasteiger partial charge in [0.05, 0.1) is 0 Å². The number of esters is 1. The van der Waals surface area contributed by atoms with Gasteiger partial charge in [-0.2, -0.15) is 0 Å². The molecule has 0 aliphatic heterocycles. The van der Waals surface area contributed by atoms with Gasteiger partial charge in [0.2, 0.25) is 0 Å². The average Bonchev–Trinajstić information content (AvgIpc) is 1.94. The summed E-state index contributed by atoms with van der Waals surface area (Å²) in [6.07, 6.45) is 4.83. The predicted octanol–water partition coefficient (Wildman–Crippen LogP) is 2.90. The molecule has 0 aliphatic rings. The van der Waals surface area contributed by atoms with Gasteiger partial charge < -0.3 is 4.74 Å². The van der Waals surface area contributed by atoms with E-state index in [0.717, 1.165) is 0 Å². The second-order valence-corrected chi connectivity index (χ2v) is 4.06. The minimum Gasteiger partial charge on any atom is -0.460 e. The first-order valence-corrected chi connectivity index (χ1v) is 4.92. The summed E-state index contributed by atoms with van der Waals surface area (Å²) >= 11 is 5.42. The first-order valence-electron chi connectivity index (χ1n) is 4.38. The van der Waals surface area contributed by atoms with Crippen molar-refractivity contribution in [2.75, 3.05) is 5.88 Å². The van der Waals surface area contributed by atoms with Crippen molar-refractivity contribution in [1.29, 1.82) is 0 Å². The topological polar surface area (TPSA) is 26.3 Å². The lowest BCUT2D eigenvalue weighted by Gasteiger charge is -2.19. The van der Waals surface area contributed by atoms with Crippen molar-refractivity contribution in [1.82, 2.24) is 0 Å². The van der Waals surface area contributed by atoms with Crippen molar-refractivity contribution < 1.29 is 9.53 Å². The van der Waals surface area contributed by atoms with Gasteiger partial charge in [-0.1, -0.05) is 12.2 Å². The number of rotatable bonds is 4. The summed E-state index contributed by atoms with van der Waals surface area (Å²) in [5.74, 6) is 0.334. The third-order valence-electron chi connectivity index (χ3n) is 1.19. The van der Waals surface area contributed by atoms with Crippen molar-refractivity contribution in [3.05, 3.63) is 12.2 Å². The second-order valence-electron chi connectivity index (χ2n) is 3.75. The van der Waals surface area contributed by atoms with E-state index in [2.05, 4.69) is 0 Å². The van der Waals surface area contributed by atoms with Crippen LogP contribution in [-0.4, -0.2) is 17.5 Å². The summed E-state index contributed by atoms with van der Waals surface area (Å²) in [5.41, 5.74) is -0.382. The molecule has 0 aromatic heterocycles. The van der Waals surface area contributed by atoms with Crippen molar-refractivity contribution in [2.45, 2.75) is 39.2 Å². The molecule has 0 N–H and O–H groups in total. The number of alkyl halides is 1. The van der Waals surface area contributed by atoms with Crippen LogP contribution in [0.25, 0.3) is 0 Å². The van der Waals surface area contributed by atoms with E-state index >= 15 is 0 Å². The molecule has 0 fully saturated rings. The smallest absolute Gasteiger partial charge is 0.306 e.